The Morgan fingerprint density at radius 2 is 1.79 bits per heavy atom. The van der Waals surface area contributed by atoms with Gasteiger partial charge in [0, 0.05) is 5.33 Å². The van der Waals surface area contributed by atoms with E-state index >= 15 is 0 Å². The molecule has 3 nitrogen and oxygen atoms in total. The third kappa shape index (κ3) is 4.23. The van der Waals surface area contributed by atoms with Crippen molar-refractivity contribution in [3.63, 3.8) is 0 Å². The quantitative estimate of drug-likeness (QED) is 0.669. The van der Waals surface area contributed by atoms with E-state index in [0.29, 0.717) is 0 Å². The van der Waals surface area contributed by atoms with E-state index in [1.54, 1.807) is 0 Å². The topological polar surface area (TPSA) is 42.4 Å². The molecular weight excluding hydrogens is 348 g/mol. The van der Waals surface area contributed by atoms with Gasteiger partial charge in [-0.05, 0) is 11.6 Å². The summed E-state index contributed by atoms with van der Waals surface area (Å²) in [5.41, 5.74) is -2.49. The second-order valence-corrected chi connectivity index (χ2v) is 3.85. The van der Waals surface area contributed by atoms with Crippen LogP contribution in [0, 0.1) is 0 Å². The highest BCUT2D eigenvalue weighted by molar-refractivity contribution is 9.08. The van der Waals surface area contributed by atoms with Crippen LogP contribution >= 0.6 is 15.9 Å². The molecule has 0 amide bonds. The molecular formula is C9H6BrF6NO2. The third-order valence-electron chi connectivity index (χ3n) is 1.92. The van der Waals surface area contributed by atoms with Gasteiger partial charge in [-0.1, -0.05) is 15.9 Å². The van der Waals surface area contributed by atoms with Crippen molar-refractivity contribution < 1.29 is 36.2 Å². The molecule has 0 bridgehead atoms. The zero-order valence-corrected chi connectivity index (χ0v) is 10.5. The first-order valence-corrected chi connectivity index (χ1v) is 5.73. The standard InChI is InChI=1S/C9H6BrF6NO2/c10-2-4-1-5(3-18)17-7(19-9(14,15)16)6(4)8(11,12)13/h1,18H,2-3H2. The predicted octanol–water partition coefficient (Wildman–Crippen LogP) is 3.39. The SMILES string of the molecule is OCc1cc(CBr)c(C(F)(F)F)c(OC(F)(F)F)n1. The predicted molar refractivity (Wildman–Crippen MR) is 54.5 cm³/mol. The number of ether oxygens (including phenoxy) is 1. The molecule has 0 aromatic carbocycles. The van der Waals surface area contributed by atoms with E-state index in [2.05, 4.69) is 25.7 Å². The monoisotopic (exact) mass is 353 g/mol. The van der Waals surface area contributed by atoms with Crippen molar-refractivity contribution in [3.05, 3.63) is 22.9 Å². The number of halogens is 7. The normalized spacial score (nSPS) is 12.6. The summed E-state index contributed by atoms with van der Waals surface area (Å²) in [5.74, 6) is -1.62. The fourth-order valence-electron chi connectivity index (χ4n) is 1.30. The fraction of sp³-hybridized carbons (Fsp3) is 0.444. The molecule has 0 saturated heterocycles. The lowest BCUT2D eigenvalue weighted by Crippen LogP contribution is -2.22. The molecule has 0 unspecified atom stereocenters. The van der Waals surface area contributed by atoms with Gasteiger partial charge in [-0.3, -0.25) is 0 Å². The summed E-state index contributed by atoms with van der Waals surface area (Å²) in [6.45, 7) is -0.813. The molecule has 1 aromatic rings. The minimum atomic E-state index is -5.31. The maximum absolute atomic E-state index is 12.7. The maximum Gasteiger partial charge on any atom is 0.574 e. The Morgan fingerprint density at radius 1 is 1.21 bits per heavy atom. The van der Waals surface area contributed by atoms with Crippen molar-refractivity contribution in [1.29, 1.82) is 0 Å². The number of nitrogens with zero attached hydrogens (tertiary/aromatic N) is 1. The van der Waals surface area contributed by atoms with Crippen molar-refractivity contribution in [2.75, 3.05) is 0 Å². The molecule has 0 spiro atoms. The summed E-state index contributed by atoms with van der Waals surface area (Å²) in [7, 11) is 0. The lowest BCUT2D eigenvalue weighted by atomic mass is 10.1. The zero-order valence-electron chi connectivity index (χ0n) is 8.94. The van der Waals surface area contributed by atoms with Crippen LogP contribution in [0.5, 0.6) is 5.88 Å². The highest BCUT2D eigenvalue weighted by Gasteiger charge is 2.42. The molecule has 19 heavy (non-hydrogen) atoms. The van der Waals surface area contributed by atoms with E-state index in [1.807, 2.05) is 0 Å². The second kappa shape index (κ2) is 5.53. The van der Waals surface area contributed by atoms with Crippen LogP contribution in [0.25, 0.3) is 0 Å². The Kier molecular flexibility index (Phi) is 4.67. The first-order valence-electron chi connectivity index (χ1n) is 4.61. The highest BCUT2D eigenvalue weighted by atomic mass is 79.9. The van der Waals surface area contributed by atoms with Gasteiger partial charge in [-0.15, -0.1) is 13.2 Å². The van der Waals surface area contributed by atoms with Crippen LogP contribution in [0.1, 0.15) is 16.8 Å². The van der Waals surface area contributed by atoms with Crippen molar-refractivity contribution in [2.45, 2.75) is 24.5 Å². The lowest BCUT2D eigenvalue weighted by molar-refractivity contribution is -0.278. The van der Waals surface area contributed by atoms with Gasteiger partial charge in [0.25, 0.3) is 0 Å². The summed E-state index contributed by atoms with van der Waals surface area (Å²) in [4.78, 5) is 3.02. The summed E-state index contributed by atoms with van der Waals surface area (Å²) in [5, 5.41) is 8.41. The van der Waals surface area contributed by atoms with Crippen molar-refractivity contribution >= 4 is 15.9 Å². The minimum Gasteiger partial charge on any atom is -0.390 e. The summed E-state index contributed by atoms with van der Waals surface area (Å²) < 4.78 is 77.7. The maximum atomic E-state index is 12.7. The van der Waals surface area contributed by atoms with Gasteiger partial charge in [0.05, 0.1) is 12.3 Å². The van der Waals surface area contributed by atoms with Crippen LogP contribution in [0.3, 0.4) is 0 Å². The van der Waals surface area contributed by atoms with Crippen LogP contribution < -0.4 is 4.74 Å². The largest absolute Gasteiger partial charge is 0.574 e. The highest BCUT2D eigenvalue weighted by Crippen LogP contribution is 2.40. The number of alkyl halides is 7. The smallest absolute Gasteiger partial charge is 0.390 e. The van der Waals surface area contributed by atoms with Crippen LogP contribution in [0.2, 0.25) is 0 Å². The Bertz CT molecular complexity index is 459. The number of aliphatic hydroxyl groups is 1. The van der Waals surface area contributed by atoms with Crippen LogP contribution in [-0.4, -0.2) is 16.5 Å². The van der Waals surface area contributed by atoms with Crippen molar-refractivity contribution in [1.82, 2.24) is 4.98 Å². The average Bonchev–Trinajstić information content (AvgIpc) is 2.23. The van der Waals surface area contributed by atoms with Gasteiger partial charge in [-0.2, -0.15) is 13.2 Å². The zero-order chi connectivity index (χ0) is 14.8. The molecule has 0 aliphatic carbocycles. The van der Waals surface area contributed by atoms with Crippen LogP contribution in [0.15, 0.2) is 6.07 Å². The van der Waals surface area contributed by atoms with Gasteiger partial charge in [0.1, 0.15) is 5.56 Å². The number of aromatic nitrogens is 1. The number of hydrogen-bond acceptors (Lipinski definition) is 3. The van der Waals surface area contributed by atoms with Gasteiger partial charge in [0.15, 0.2) is 0 Å². The second-order valence-electron chi connectivity index (χ2n) is 3.29. The minimum absolute atomic E-state index is 0.360. The molecule has 0 saturated carbocycles. The molecule has 0 aliphatic rings. The Hall–Kier alpha value is -1.03. The van der Waals surface area contributed by atoms with E-state index in [1.165, 1.54) is 0 Å². The van der Waals surface area contributed by atoms with Crippen molar-refractivity contribution in [3.8, 4) is 5.88 Å². The van der Waals surface area contributed by atoms with Crippen molar-refractivity contribution in [2.24, 2.45) is 0 Å². The molecule has 1 aromatic heterocycles. The number of pyridine rings is 1. The van der Waals surface area contributed by atoms with E-state index in [0.717, 1.165) is 6.07 Å². The Labute approximate surface area is 111 Å². The molecule has 1 rings (SSSR count). The third-order valence-corrected chi connectivity index (χ3v) is 2.53. The van der Waals surface area contributed by atoms with E-state index in [4.69, 9.17) is 5.11 Å². The summed E-state index contributed by atoms with van der Waals surface area (Å²) >= 11 is 2.73. The molecule has 10 heteroatoms. The van der Waals surface area contributed by atoms with Crippen LogP contribution in [-0.2, 0) is 18.1 Å². The van der Waals surface area contributed by atoms with Gasteiger partial charge >= 0.3 is 12.5 Å². The summed E-state index contributed by atoms with van der Waals surface area (Å²) in [6.07, 6.45) is -10.4. The fourth-order valence-corrected chi connectivity index (χ4v) is 1.74. The Morgan fingerprint density at radius 3 is 2.16 bits per heavy atom. The molecule has 0 atom stereocenters. The van der Waals surface area contributed by atoms with Gasteiger partial charge in [-0.25, -0.2) is 4.98 Å². The molecule has 0 aliphatic heterocycles. The number of rotatable bonds is 3. The molecule has 0 radical (unpaired) electrons. The lowest BCUT2D eigenvalue weighted by Gasteiger charge is -2.17. The molecule has 108 valence electrons. The van der Waals surface area contributed by atoms with Gasteiger partial charge in [0.2, 0.25) is 5.88 Å². The summed E-state index contributed by atoms with van der Waals surface area (Å²) in [6, 6.07) is 0.848. The van der Waals surface area contributed by atoms with E-state index < -0.39 is 36.2 Å². The number of aliphatic hydroxyl groups excluding tert-OH is 1. The van der Waals surface area contributed by atoms with Gasteiger partial charge < -0.3 is 9.84 Å². The number of hydrogen-bond donors (Lipinski definition) is 1. The first kappa shape index (κ1) is 16.0. The van der Waals surface area contributed by atoms with E-state index in [-0.39, 0.29) is 11.0 Å². The Balaban J connectivity index is 3.47. The molecule has 1 N–H and O–H groups in total. The first-order chi connectivity index (χ1) is 8.58. The molecule has 1 heterocycles. The van der Waals surface area contributed by atoms with E-state index in [9.17, 15) is 26.3 Å². The average molecular weight is 354 g/mol. The molecule has 0 fully saturated rings. The van der Waals surface area contributed by atoms with Crippen LogP contribution in [0.4, 0.5) is 26.3 Å².